The minimum Gasteiger partial charge on any atom is -0.497 e. The highest BCUT2D eigenvalue weighted by molar-refractivity contribution is 6.01. The summed E-state index contributed by atoms with van der Waals surface area (Å²) >= 11 is 0. The van der Waals surface area contributed by atoms with Crippen molar-refractivity contribution in [3.05, 3.63) is 47.5 Å². The number of amides is 3. The molecule has 11 nitrogen and oxygen atoms in total. The van der Waals surface area contributed by atoms with Gasteiger partial charge in [0.15, 0.2) is 6.61 Å². The van der Waals surface area contributed by atoms with E-state index in [9.17, 15) is 14.4 Å². The molecule has 3 amide bonds. The van der Waals surface area contributed by atoms with Crippen molar-refractivity contribution in [3.8, 4) is 5.75 Å². The van der Waals surface area contributed by atoms with Crippen LogP contribution < -0.4 is 15.4 Å². The van der Waals surface area contributed by atoms with Gasteiger partial charge < -0.3 is 14.8 Å². The summed E-state index contributed by atoms with van der Waals surface area (Å²) in [4.78, 5) is 44.1. The largest absolute Gasteiger partial charge is 0.497 e. The third-order valence-corrected chi connectivity index (χ3v) is 4.53. The van der Waals surface area contributed by atoms with Gasteiger partial charge in [-0.3, -0.25) is 14.9 Å². The average molecular weight is 426 g/mol. The molecule has 0 bridgehead atoms. The Balaban J connectivity index is 1.44. The lowest BCUT2D eigenvalue weighted by Gasteiger charge is -2.10. The maximum atomic E-state index is 12.0. The number of carbonyl (C=O) groups is 3. The van der Waals surface area contributed by atoms with Gasteiger partial charge in [-0.15, -0.1) is 0 Å². The highest BCUT2D eigenvalue weighted by Gasteiger charge is 2.15. The number of ether oxygens (including phenoxy) is 2. The molecule has 0 saturated heterocycles. The van der Waals surface area contributed by atoms with E-state index in [1.54, 1.807) is 28.8 Å². The Bertz CT molecular complexity index is 1110. The van der Waals surface area contributed by atoms with Crippen LogP contribution in [-0.4, -0.2) is 51.2 Å². The first-order valence-corrected chi connectivity index (χ1v) is 9.43. The average Bonchev–Trinajstić information content (AvgIpc) is 3.21. The fourth-order valence-corrected chi connectivity index (χ4v) is 2.96. The highest BCUT2D eigenvalue weighted by Crippen LogP contribution is 2.16. The molecule has 0 aliphatic carbocycles. The molecule has 0 aliphatic heterocycles. The summed E-state index contributed by atoms with van der Waals surface area (Å²) in [6, 6.07) is 5.85. The van der Waals surface area contributed by atoms with Gasteiger partial charge >= 0.3 is 12.0 Å². The van der Waals surface area contributed by atoms with Crippen LogP contribution in [0.25, 0.3) is 5.78 Å². The molecule has 0 radical (unpaired) electrons. The van der Waals surface area contributed by atoms with Gasteiger partial charge in [0, 0.05) is 23.5 Å². The fourth-order valence-electron chi connectivity index (χ4n) is 2.96. The van der Waals surface area contributed by atoms with Gasteiger partial charge in [0.2, 0.25) is 0 Å². The number of fused-ring (bicyclic) bond motifs is 1. The lowest BCUT2D eigenvalue weighted by atomic mass is 10.1. The van der Waals surface area contributed by atoms with Gasteiger partial charge in [0.05, 0.1) is 7.11 Å². The minimum atomic E-state index is -0.738. The van der Waals surface area contributed by atoms with E-state index in [0.717, 1.165) is 17.0 Å². The first kappa shape index (κ1) is 21.7. The summed E-state index contributed by atoms with van der Waals surface area (Å²) in [5.74, 6) is -0.178. The van der Waals surface area contributed by atoms with Crippen molar-refractivity contribution in [2.45, 2.75) is 26.7 Å². The summed E-state index contributed by atoms with van der Waals surface area (Å²) < 4.78 is 11.6. The molecule has 3 aromatic rings. The van der Waals surface area contributed by atoms with Crippen molar-refractivity contribution in [3.63, 3.8) is 0 Å². The Labute approximate surface area is 177 Å². The number of methoxy groups -OCH3 is 1. The van der Waals surface area contributed by atoms with Crippen LogP contribution in [0, 0.1) is 13.8 Å². The Morgan fingerprint density at radius 2 is 1.87 bits per heavy atom. The van der Waals surface area contributed by atoms with Gasteiger partial charge in [-0.1, -0.05) is 0 Å². The summed E-state index contributed by atoms with van der Waals surface area (Å²) in [6.07, 6.45) is 1.84. The molecule has 2 aromatic heterocycles. The molecule has 0 fully saturated rings. The van der Waals surface area contributed by atoms with Crippen molar-refractivity contribution in [1.29, 1.82) is 0 Å². The quantitative estimate of drug-likeness (QED) is 0.543. The molecule has 11 heteroatoms. The number of rotatable bonds is 7. The monoisotopic (exact) mass is 426 g/mol. The van der Waals surface area contributed by atoms with Gasteiger partial charge in [0.1, 0.15) is 12.1 Å². The molecule has 0 unspecified atom stereocenters. The first-order valence-electron chi connectivity index (χ1n) is 9.43. The number of aromatic nitrogens is 4. The predicted molar refractivity (Wildman–Crippen MR) is 110 cm³/mol. The molecule has 3 rings (SSSR count). The maximum Gasteiger partial charge on any atom is 0.325 e. The van der Waals surface area contributed by atoms with Crippen molar-refractivity contribution >= 4 is 29.4 Å². The number of nitrogens with one attached hydrogen (secondary N) is 2. The van der Waals surface area contributed by atoms with Crippen molar-refractivity contribution in [1.82, 2.24) is 24.9 Å². The zero-order valence-electron chi connectivity index (χ0n) is 17.3. The standard InChI is InChI=1S/C20H22N6O5/c1-12-16(13(2)26-19(23-12)21-11-22-26)8-9-18(28)31-10-17(27)25-20(29)24-14-4-6-15(30-3)7-5-14/h4-7,11H,8-10H2,1-3H3,(H2,24,25,27,29). The van der Waals surface area contributed by atoms with Crippen LogP contribution in [0.5, 0.6) is 5.75 Å². The molecule has 0 spiro atoms. The summed E-state index contributed by atoms with van der Waals surface area (Å²) in [5, 5.41) is 8.69. The van der Waals surface area contributed by atoms with Crippen LogP contribution in [0.1, 0.15) is 23.4 Å². The topological polar surface area (TPSA) is 137 Å². The number of carbonyl (C=O) groups excluding carboxylic acids is 3. The number of hydrogen-bond acceptors (Lipinski definition) is 8. The third kappa shape index (κ3) is 5.53. The second-order valence-corrected chi connectivity index (χ2v) is 6.62. The third-order valence-electron chi connectivity index (χ3n) is 4.53. The minimum absolute atomic E-state index is 0.0505. The molecule has 0 aliphatic rings. The fraction of sp³-hybridized carbons (Fsp3) is 0.300. The maximum absolute atomic E-state index is 12.0. The molecule has 2 N–H and O–H groups in total. The molecule has 1 aromatic carbocycles. The Morgan fingerprint density at radius 3 is 2.58 bits per heavy atom. The van der Waals surface area contributed by atoms with Gasteiger partial charge in [0.25, 0.3) is 11.7 Å². The molecular formula is C20H22N6O5. The predicted octanol–water partition coefficient (Wildman–Crippen LogP) is 1.57. The van der Waals surface area contributed by atoms with E-state index in [1.165, 1.54) is 13.4 Å². The number of benzene rings is 1. The van der Waals surface area contributed by atoms with Crippen LogP contribution in [0.15, 0.2) is 30.6 Å². The van der Waals surface area contributed by atoms with E-state index < -0.39 is 24.5 Å². The number of anilines is 1. The number of aryl methyl sites for hydroxylation is 2. The lowest BCUT2D eigenvalue weighted by molar-refractivity contribution is -0.148. The summed E-state index contributed by atoms with van der Waals surface area (Å²) in [7, 11) is 1.53. The van der Waals surface area contributed by atoms with Crippen LogP contribution in [-0.2, 0) is 20.7 Å². The van der Waals surface area contributed by atoms with Crippen molar-refractivity contribution in [2.75, 3.05) is 19.0 Å². The molecule has 0 atom stereocenters. The summed E-state index contributed by atoms with van der Waals surface area (Å²) in [5.41, 5.74) is 2.92. The lowest BCUT2D eigenvalue weighted by Crippen LogP contribution is -2.37. The van der Waals surface area contributed by atoms with Gasteiger partial charge in [-0.2, -0.15) is 10.1 Å². The molecule has 2 heterocycles. The zero-order valence-corrected chi connectivity index (χ0v) is 17.3. The van der Waals surface area contributed by atoms with E-state index in [2.05, 4.69) is 25.7 Å². The number of nitrogens with zero attached hydrogens (tertiary/aromatic N) is 4. The second kappa shape index (κ2) is 9.65. The van der Waals surface area contributed by atoms with E-state index in [4.69, 9.17) is 9.47 Å². The normalized spacial score (nSPS) is 10.5. The molecule has 162 valence electrons. The molecule has 31 heavy (non-hydrogen) atoms. The Kier molecular flexibility index (Phi) is 6.75. The number of imide groups is 1. The Hall–Kier alpha value is -4.02. The van der Waals surface area contributed by atoms with E-state index >= 15 is 0 Å². The zero-order chi connectivity index (χ0) is 22.4. The van der Waals surface area contributed by atoms with Crippen molar-refractivity contribution < 1.29 is 23.9 Å². The number of esters is 1. The Morgan fingerprint density at radius 1 is 1.13 bits per heavy atom. The van der Waals surface area contributed by atoms with Crippen LogP contribution in [0.2, 0.25) is 0 Å². The second-order valence-electron chi connectivity index (χ2n) is 6.62. The number of urea groups is 1. The van der Waals surface area contributed by atoms with Crippen LogP contribution >= 0.6 is 0 Å². The molecular weight excluding hydrogens is 404 g/mol. The molecule has 0 saturated carbocycles. The van der Waals surface area contributed by atoms with E-state index in [0.29, 0.717) is 23.6 Å². The number of hydrogen-bond donors (Lipinski definition) is 2. The SMILES string of the molecule is COc1ccc(NC(=O)NC(=O)COC(=O)CCc2c(C)nc3ncnn3c2C)cc1. The smallest absolute Gasteiger partial charge is 0.325 e. The highest BCUT2D eigenvalue weighted by atomic mass is 16.5. The van der Waals surface area contributed by atoms with E-state index in [-0.39, 0.29) is 6.42 Å². The van der Waals surface area contributed by atoms with Gasteiger partial charge in [-0.05, 0) is 50.1 Å². The van der Waals surface area contributed by atoms with E-state index in [1.807, 2.05) is 13.8 Å². The first-order chi connectivity index (χ1) is 14.9. The van der Waals surface area contributed by atoms with Crippen molar-refractivity contribution in [2.24, 2.45) is 0 Å². The van der Waals surface area contributed by atoms with Crippen LogP contribution in [0.4, 0.5) is 10.5 Å². The van der Waals surface area contributed by atoms with Crippen LogP contribution in [0.3, 0.4) is 0 Å². The van der Waals surface area contributed by atoms with Gasteiger partial charge in [-0.25, -0.2) is 14.3 Å². The summed E-state index contributed by atoms with van der Waals surface area (Å²) in [6.45, 7) is 3.14.